The Morgan fingerprint density at radius 1 is 0.967 bits per heavy atom. The molecule has 1 fully saturated rings. The van der Waals surface area contributed by atoms with Crippen molar-refractivity contribution in [1.29, 1.82) is 0 Å². The van der Waals surface area contributed by atoms with Crippen LogP contribution >= 0.6 is 23.8 Å². The van der Waals surface area contributed by atoms with E-state index in [1.54, 1.807) is 18.2 Å². The van der Waals surface area contributed by atoms with Crippen molar-refractivity contribution in [2.24, 2.45) is 0 Å². The third-order valence-corrected chi connectivity index (χ3v) is 5.28. The number of halogens is 1. The van der Waals surface area contributed by atoms with Crippen molar-refractivity contribution >= 4 is 52.5 Å². The average molecular weight is 436 g/mol. The van der Waals surface area contributed by atoms with Gasteiger partial charge in [0, 0.05) is 22.6 Å². The summed E-state index contributed by atoms with van der Waals surface area (Å²) in [5.74, 6) is -0.980. The second-order valence-corrected chi connectivity index (χ2v) is 7.91. The Bertz CT molecular complexity index is 1190. The second-order valence-electron chi connectivity index (χ2n) is 7.08. The van der Waals surface area contributed by atoms with Gasteiger partial charge in [-0.05, 0) is 91.8 Å². The van der Waals surface area contributed by atoms with Crippen molar-refractivity contribution in [3.8, 4) is 5.69 Å². The van der Waals surface area contributed by atoms with E-state index in [4.69, 9.17) is 23.8 Å². The summed E-state index contributed by atoms with van der Waals surface area (Å²) in [6, 6.07) is 16.7. The minimum Gasteiger partial charge on any atom is -0.317 e. The maximum absolute atomic E-state index is 13.3. The van der Waals surface area contributed by atoms with Gasteiger partial charge in [-0.1, -0.05) is 17.7 Å². The predicted molar refractivity (Wildman–Crippen MR) is 123 cm³/mol. The van der Waals surface area contributed by atoms with Gasteiger partial charge in [0.05, 0.1) is 5.69 Å². The summed E-state index contributed by atoms with van der Waals surface area (Å²) in [6.45, 7) is 3.89. The van der Waals surface area contributed by atoms with Crippen LogP contribution in [0.25, 0.3) is 11.8 Å². The highest BCUT2D eigenvalue weighted by atomic mass is 35.5. The number of amides is 2. The highest BCUT2D eigenvalue weighted by Gasteiger charge is 2.34. The molecule has 7 heteroatoms. The molecule has 1 aliphatic rings. The number of benzene rings is 2. The van der Waals surface area contributed by atoms with Gasteiger partial charge < -0.3 is 4.57 Å². The van der Waals surface area contributed by atoms with E-state index < -0.39 is 11.8 Å². The molecule has 4 rings (SSSR count). The summed E-state index contributed by atoms with van der Waals surface area (Å²) < 4.78 is 1.87. The molecule has 2 heterocycles. The normalized spacial score (nSPS) is 15.6. The van der Waals surface area contributed by atoms with E-state index in [1.807, 2.05) is 67.1 Å². The van der Waals surface area contributed by atoms with Gasteiger partial charge in [-0.2, -0.15) is 0 Å². The fourth-order valence-corrected chi connectivity index (χ4v) is 3.88. The van der Waals surface area contributed by atoms with Crippen LogP contribution in [-0.4, -0.2) is 21.5 Å². The zero-order valence-electron chi connectivity index (χ0n) is 16.3. The lowest BCUT2D eigenvalue weighted by atomic mass is 10.1. The Labute approximate surface area is 184 Å². The Morgan fingerprint density at radius 2 is 1.63 bits per heavy atom. The third kappa shape index (κ3) is 3.79. The summed E-state index contributed by atoms with van der Waals surface area (Å²) >= 11 is 11.3. The van der Waals surface area contributed by atoms with Gasteiger partial charge in [-0.25, -0.2) is 0 Å². The molecule has 5 nitrogen and oxygen atoms in total. The molecule has 1 aliphatic heterocycles. The number of aryl methyl sites for hydroxylation is 2. The maximum Gasteiger partial charge on any atom is 0.270 e. The molecular weight excluding hydrogens is 418 g/mol. The topological polar surface area (TPSA) is 54.3 Å². The van der Waals surface area contributed by atoms with Crippen LogP contribution in [0, 0.1) is 13.8 Å². The minimum absolute atomic E-state index is 0.0108. The Balaban J connectivity index is 1.76. The molecule has 150 valence electrons. The van der Waals surface area contributed by atoms with E-state index in [9.17, 15) is 9.59 Å². The Hall–Kier alpha value is -3.22. The van der Waals surface area contributed by atoms with Crippen LogP contribution in [0.3, 0.4) is 0 Å². The van der Waals surface area contributed by atoms with Crippen LogP contribution in [0.2, 0.25) is 5.02 Å². The summed E-state index contributed by atoms with van der Waals surface area (Å²) in [6.07, 6.45) is 3.43. The van der Waals surface area contributed by atoms with E-state index in [1.165, 1.54) is 4.90 Å². The van der Waals surface area contributed by atoms with E-state index >= 15 is 0 Å². The number of hydrogen-bond acceptors (Lipinski definition) is 3. The van der Waals surface area contributed by atoms with Crippen LogP contribution in [-0.2, 0) is 9.59 Å². The lowest BCUT2D eigenvalue weighted by Crippen LogP contribution is -2.54. The minimum atomic E-state index is -0.519. The van der Waals surface area contributed by atoms with Crippen LogP contribution in [0.1, 0.15) is 16.8 Å². The van der Waals surface area contributed by atoms with Gasteiger partial charge in [-0.3, -0.25) is 19.8 Å². The van der Waals surface area contributed by atoms with Crippen molar-refractivity contribution in [3.63, 3.8) is 0 Å². The molecule has 0 aliphatic carbocycles. The van der Waals surface area contributed by atoms with Crippen LogP contribution in [0.15, 0.2) is 66.4 Å². The predicted octanol–water partition coefficient (Wildman–Crippen LogP) is 4.58. The fourth-order valence-electron chi connectivity index (χ4n) is 3.47. The summed E-state index contributed by atoms with van der Waals surface area (Å²) in [5, 5.41) is 3.33. The third-order valence-electron chi connectivity index (χ3n) is 4.74. The van der Waals surface area contributed by atoms with Crippen LogP contribution in [0.4, 0.5) is 5.69 Å². The maximum atomic E-state index is 13.3. The Kier molecular flexibility index (Phi) is 5.28. The number of aromatic nitrogens is 1. The van der Waals surface area contributed by atoms with Crippen molar-refractivity contribution in [2.75, 3.05) is 4.90 Å². The summed E-state index contributed by atoms with van der Waals surface area (Å²) in [4.78, 5) is 27.2. The van der Waals surface area contributed by atoms with Crippen molar-refractivity contribution in [2.45, 2.75) is 13.8 Å². The number of anilines is 1. The molecular formula is C23H18ClN3O2S. The summed E-state index contributed by atoms with van der Waals surface area (Å²) in [7, 11) is 0. The van der Waals surface area contributed by atoms with Gasteiger partial charge in [0.2, 0.25) is 0 Å². The largest absolute Gasteiger partial charge is 0.317 e. The van der Waals surface area contributed by atoms with Gasteiger partial charge in [0.25, 0.3) is 11.8 Å². The van der Waals surface area contributed by atoms with Crippen molar-refractivity contribution < 1.29 is 9.59 Å². The molecule has 0 bridgehead atoms. The molecule has 1 aromatic heterocycles. The van der Waals surface area contributed by atoms with E-state index in [0.29, 0.717) is 16.4 Å². The van der Waals surface area contributed by atoms with Gasteiger partial charge in [-0.15, -0.1) is 0 Å². The number of carbonyl (C=O) groups is 2. The monoisotopic (exact) mass is 435 g/mol. The zero-order valence-corrected chi connectivity index (χ0v) is 17.9. The molecule has 0 unspecified atom stereocenters. The molecule has 2 aromatic carbocycles. The molecule has 0 saturated carbocycles. The lowest BCUT2D eigenvalue weighted by molar-refractivity contribution is -0.122. The number of rotatable bonds is 3. The molecule has 0 atom stereocenters. The Morgan fingerprint density at radius 3 is 2.30 bits per heavy atom. The number of nitrogens with one attached hydrogen (secondary N) is 1. The van der Waals surface area contributed by atoms with Gasteiger partial charge >= 0.3 is 0 Å². The molecule has 0 spiro atoms. The highest BCUT2D eigenvalue weighted by molar-refractivity contribution is 7.80. The first kappa shape index (κ1) is 20.1. The van der Waals surface area contributed by atoms with Crippen molar-refractivity contribution in [3.05, 3.63) is 88.2 Å². The highest BCUT2D eigenvalue weighted by Crippen LogP contribution is 2.25. The second kappa shape index (κ2) is 7.89. The van der Waals surface area contributed by atoms with Crippen LogP contribution < -0.4 is 10.2 Å². The number of hydrogen-bond donors (Lipinski definition) is 1. The zero-order chi connectivity index (χ0) is 21.4. The smallest absolute Gasteiger partial charge is 0.270 e. The fraction of sp³-hybridized carbons (Fsp3) is 0.0870. The first-order valence-electron chi connectivity index (χ1n) is 9.26. The molecule has 2 amide bonds. The molecule has 1 N–H and O–H groups in total. The number of carbonyl (C=O) groups excluding carboxylic acids is 2. The molecule has 1 saturated heterocycles. The summed E-state index contributed by atoms with van der Waals surface area (Å²) in [5.41, 5.74) is 4.18. The standard InChI is InChI=1S/C23H18ClN3O2S/c1-14-10-15(2)12-19(11-14)27-22(29)20(21(28)25-23(27)30)13-18-4-3-9-26(18)17-7-5-16(24)6-8-17/h3-13H,1-2H3,(H,25,28,30)/b20-13+. The van der Waals surface area contributed by atoms with Crippen molar-refractivity contribution in [1.82, 2.24) is 9.88 Å². The van der Waals surface area contributed by atoms with Crippen LogP contribution in [0.5, 0.6) is 0 Å². The molecule has 0 radical (unpaired) electrons. The van der Waals surface area contributed by atoms with Gasteiger partial charge in [0.15, 0.2) is 5.11 Å². The SMILES string of the molecule is Cc1cc(C)cc(N2C(=O)/C(=C/c3cccn3-c3ccc(Cl)cc3)C(=O)NC2=S)c1. The lowest BCUT2D eigenvalue weighted by Gasteiger charge is -2.29. The molecule has 3 aromatic rings. The quantitative estimate of drug-likeness (QED) is 0.372. The number of thiocarbonyl (C=S) groups is 1. The van der Waals surface area contributed by atoms with E-state index in [2.05, 4.69) is 5.32 Å². The van der Waals surface area contributed by atoms with Gasteiger partial charge in [0.1, 0.15) is 5.57 Å². The number of nitrogens with zero attached hydrogens (tertiary/aromatic N) is 2. The average Bonchev–Trinajstić information content (AvgIpc) is 3.13. The first-order valence-corrected chi connectivity index (χ1v) is 10.0. The first-order chi connectivity index (χ1) is 14.3. The molecule has 30 heavy (non-hydrogen) atoms. The van der Waals surface area contributed by atoms with E-state index in [-0.39, 0.29) is 10.7 Å². The van der Waals surface area contributed by atoms with E-state index in [0.717, 1.165) is 16.8 Å².